The first-order chi connectivity index (χ1) is 8.54. The van der Waals surface area contributed by atoms with Crippen LogP contribution in [-0.4, -0.2) is 25.4 Å². The summed E-state index contributed by atoms with van der Waals surface area (Å²) in [6, 6.07) is 3.99. The van der Waals surface area contributed by atoms with Gasteiger partial charge in [0.1, 0.15) is 0 Å². The molecule has 0 atom stereocenters. The Morgan fingerprint density at radius 3 is 2.72 bits per heavy atom. The molecule has 0 bridgehead atoms. The van der Waals surface area contributed by atoms with Crippen molar-refractivity contribution < 1.29 is 4.74 Å². The topological polar surface area (TPSA) is 33.3 Å². The molecule has 2 N–H and O–H groups in total. The molecule has 18 heavy (non-hydrogen) atoms. The van der Waals surface area contributed by atoms with Gasteiger partial charge in [0.05, 0.1) is 10.7 Å². The number of ether oxygens (including phenoxy) is 1. The van der Waals surface area contributed by atoms with Crippen LogP contribution in [0.15, 0.2) is 12.1 Å². The largest absolute Gasteiger partial charge is 0.385 e. The summed E-state index contributed by atoms with van der Waals surface area (Å²) >= 11 is 11.4. The molecule has 0 aliphatic heterocycles. The molecule has 0 fully saturated rings. The molecule has 1 rings (SSSR count). The number of rotatable bonds is 5. The van der Waals surface area contributed by atoms with E-state index in [9.17, 15) is 0 Å². The smallest absolute Gasteiger partial charge is 0.170 e. The Morgan fingerprint density at radius 1 is 1.39 bits per heavy atom. The predicted molar refractivity (Wildman–Crippen MR) is 81.6 cm³/mol. The van der Waals surface area contributed by atoms with Crippen molar-refractivity contribution in [1.29, 1.82) is 0 Å². The van der Waals surface area contributed by atoms with Crippen molar-refractivity contribution in [2.24, 2.45) is 0 Å². The number of hydrogen-bond acceptors (Lipinski definition) is 2. The fourth-order valence-electron chi connectivity index (χ4n) is 1.65. The number of methoxy groups -OCH3 is 1. The summed E-state index contributed by atoms with van der Waals surface area (Å²) in [4.78, 5) is 0. The average Bonchev–Trinajstić information content (AvgIpc) is 2.29. The lowest BCUT2D eigenvalue weighted by Gasteiger charge is -2.14. The minimum atomic E-state index is 0.583. The summed E-state index contributed by atoms with van der Waals surface area (Å²) in [6.45, 7) is 5.53. The number of halogens is 1. The monoisotopic (exact) mass is 286 g/mol. The minimum absolute atomic E-state index is 0.583. The first-order valence-electron chi connectivity index (χ1n) is 5.85. The number of anilines is 1. The van der Waals surface area contributed by atoms with Gasteiger partial charge in [0.25, 0.3) is 0 Å². The Labute approximate surface area is 119 Å². The van der Waals surface area contributed by atoms with Crippen LogP contribution >= 0.6 is 23.8 Å². The van der Waals surface area contributed by atoms with Gasteiger partial charge in [0.15, 0.2) is 5.11 Å². The first-order valence-corrected chi connectivity index (χ1v) is 6.63. The molecule has 0 heterocycles. The third kappa shape index (κ3) is 4.80. The number of aryl methyl sites for hydroxylation is 2. The van der Waals surface area contributed by atoms with Gasteiger partial charge in [-0.25, -0.2) is 0 Å². The Bertz CT molecular complexity index is 400. The molecule has 5 heteroatoms. The molecule has 1 aromatic rings. The van der Waals surface area contributed by atoms with Crippen molar-refractivity contribution in [3.8, 4) is 0 Å². The summed E-state index contributed by atoms with van der Waals surface area (Å²) in [5, 5.41) is 7.52. The summed E-state index contributed by atoms with van der Waals surface area (Å²) in [6.07, 6.45) is 0.916. The van der Waals surface area contributed by atoms with E-state index in [2.05, 4.69) is 16.7 Å². The molecule has 0 unspecified atom stereocenters. The molecule has 1 aromatic carbocycles. The fourth-order valence-corrected chi connectivity index (χ4v) is 2.22. The lowest BCUT2D eigenvalue weighted by atomic mass is 10.1. The molecular formula is C13H19ClN2OS. The van der Waals surface area contributed by atoms with Crippen molar-refractivity contribution in [2.45, 2.75) is 20.3 Å². The SMILES string of the molecule is COCCCNC(=S)Nc1c(C)cc(C)cc1Cl. The Morgan fingerprint density at radius 2 is 2.11 bits per heavy atom. The normalized spacial score (nSPS) is 10.2. The molecule has 0 aliphatic carbocycles. The van der Waals surface area contributed by atoms with Gasteiger partial charge >= 0.3 is 0 Å². The van der Waals surface area contributed by atoms with E-state index in [1.165, 1.54) is 0 Å². The number of benzene rings is 1. The van der Waals surface area contributed by atoms with E-state index in [0.29, 0.717) is 10.1 Å². The third-order valence-corrected chi connectivity index (χ3v) is 3.03. The number of nitrogens with one attached hydrogen (secondary N) is 2. The van der Waals surface area contributed by atoms with E-state index in [-0.39, 0.29) is 0 Å². The second-order valence-corrected chi connectivity index (χ2v) is 4.98. The average molecular weight is 287 g/mol. The molecule has 3 nitrogen and oxygen atoms in total. The lowest BCUT2D eigenvalue weighted by molar-refractivity contribution is 0.196. The maximum Gasteiger partial charge on any atom is 0.170 e. The van der Waals surface area contributed by atoms with Crippen LogP contribution in [0.5, 0.6) is 0 Å². The molecular weight excluding hydrogens is 268 g/mol. The number of thiocarbonyl (C=S) groups is 1. The molecule has 0 aromatic heterocycles. The molecule has 100 valence electrons. The van der Waals surface area contributed by atoms with Gasteiger partial charge in [-0.3, -0.25) is 0 Å². The quantitative estimate of drug-likeness (QED) is 0.643. The fraction of sp³-hybridized carbons (Fsp3) is 0.462. The van der Waals surface area contributed by atoms with Gasteiger partial charge in [-0.05, 0) is 49.7 Å². The van der Waals surface area contributed by atoms with Crippen molar-refractivity contribution in [3.05, 3.63) is 28.3 Å². The highest BCUT2D eigenvalue weighted by atomic mass is 35.5. The van der Waals surface area contributed by atoms with Crippen molar-refractivity contribution >= 4 is 34.6 Å². The molecule has 0 spiro atoms. The van der Waals surface area contributed by atoms with Crippen molar-refractivity contribution in [2.75, 3.05) is 25.6 Å². The van der Waals surface area contributed by atoms with E-state index in [1.807, 2.05) is 19.9 Å². The summed E-state index contributed by atoms with van der Waals surface area (Å²) < 4.78 is 4.97. The van der Waals surface area contributed by atoms with Gasteiger partial charge in [0.2, 0.25) is 0 Å². The van der Waals surface area contributed by atoms with Gasteiger partial charge < -0.3 is 15.4 Å². The highest BCUT2D eigenvalue weighted by Crippen LogP contribution is 2.27. The van der Waals surface area contributed by atoms with Crippen molar-refractivity contribution in [1.82, 2.24) is 5.32 Å². The maximum absolute atomic E-state index is 6.19. The molecule has 0 radical (unpaired) electrons. The molecule has 0 saturated heterocycles. The maximum atomic E-state index is 6.19. The number of hydrogen-bond donors (Lipinski definition) is 2. The zero-order chi connectivity index (χ0) is 13.5. The Balaban J connectivity index is 2.54. The highest BCUT2D eigenvalue weighted by Gasteiger charge is 2.06. The summed E-state index contributed by atoms with van der Waals surface area (Å²) in [5.41, 5.74) is 3.09. The van der Waals surface area contributed by atoms with E-state index < -0.39 is 0 Å². The first kappa shape index (κ1) is 15.2. The molecule has 0 saturated carbocycles. The lowest BCUT2D eigenvalue weighted by Crippen LogP contribution is -2.30. The molecule has 0 amide bonds. The van der Waals surface area contributed by atoms with Gasteiger partial charge in [0, 0.05) is 20.3 Å². The van der Waals surface area contributed by atoms with Crippen LogP contribution < -0.4 is 10.6 Å². The van der Waals surface area contributed by atoms with Crippen molar-refractivity contribution in [3.63, 3.8) is 0 Å². The van der Waals surface area contributed by atoms with E-state index in [1.54, 1.807) is 7.11 Å². The van der Waals surface area contributed by atoms with Crippen LogP contribution in [0, 0.1) is 13.8 Å². The Kier molecular flexibility index (Phi) is 6.39. The van der Waals surface area contributed by atoms with Gasteiger partial charge in [-0.1, -0.05) is 17.7 Å². The van der Waals surface area contributed by atoms with Gasteiger partial charge in [-0.2, -0.15) is 0 Å². The molecule has 0 aliphatic rings. The third-order valence-electron chi connectivity index (χ3n) is 2.48. The standard InChI is InChI=1S/C13H19ClN2OS/c1-9-7-10(2)12(11(14)8-9)16-13(18)15-5-4-6-17-3/h7-8H,4-6H2,1-3H3,(H2,15,16,18). The Hall–Kier alpha value is -0.840. The van der Waals surface area contributed by atoms with Gasteiger partial charge in [-0.15, -0.1) is 0 Å². The second kappa shape index (κ2) is 7.56. The van der Waals surface area contributed by atoms with E-state index in [4.69, 9.17) is 28.6 Å². The summed E-state index contributed by atoms with van der Waals surface area (Å²) in [7, 11) is 1.69. The van der Waals surface area contributed by atoms with Crippen LogP contribution in [0.25, 0.3) is 0 Å². The second-order valence-electron chi connectivity index (χ2n) is 4.17. The zero-order valence-electron chi connectivity index (χ0n) is 11.0. The van der Waals surface area contributed by atoms with E-state index in [0.717, 1.165) is 36.4 Å². The van der Waals surface area contributed by atoms with Crippen LogP contribution in [-0.2, 0) is 4.74 Å². The predicted octanol–water partition coefficient (Wildman–Crippen LogP) is 3.28. The van der Waals surface area contributed by atoms with Crippen LogP contribution in [0.3, 0.4) is 0 Å². The zero-order valence-corrected chi connectivity index (χ0v) is 12.5. The minimum Gasteiger partial charge on any atom is -0.385 e. The highest BCUT2D eigenvalue weighted by molar-refractivity contribution is 7.80. The van der Waals surface area contributed by atoms with E-state index >= 15 is 0 Å². The van der Waals surface area contributed by atoms with Crippen LogP contribution in [0.2, 0.25) is 5.02 Å². The van der Waals surface area contributed by atoms with Crippen LogP contribution in [0.4, 0.5) is 5.69 Å². The summed E-state index contributed by atoms with van der Waals surface area (Å²) in [5.74, 6) is 0. The van der Waals surface area contributed by atoms with Crippen LogP contribution in [0.1, 0.15) is 17.5 Å².